The van der Waals surface area contributed by atoms with E-state index in [1.54, 1.807) is 30.3 Å². The number of benzene rings is 3. The van der Waals surface area contributed by atoms with Gasteiger partial charge in [0.15, 0.2) is 0 Å². The van der Waals surface area contributed by atoms with E-state index in [-0.39, 0.29) is 12.2 Å². The minimum atomic E-state index is -0.968. The van der Waals surface area contributed by atoms with E-state index in [0.29, 0.717) is 45.3 Å². The number of carboxylic acid groups (broad SMARTS) is 1. The zero-order valence-electron chi connectivity index (χ0n) is 18.5. The maximum atomic E-state index is 11.0. The molecule has 0 radical (unpaired) electrons. The highest BCUT2D eigenvalue weighted by Crippen LogP contribution is 2.46. The summed E-state index contributed by atoms with van der Waals surface area (Å²) in [6.07, 6.45) is 2.12. The topological polar surface area (TPSA) is 81.8 Å². The molecular formula is C27H21Cl2NO5. The van der Waals surface area contributed by atoms with Crippen LogP contribution in [0.2, 0.25) is 10.0 Å². The second-order valence-electron chi connectivity index (χ2n) is 8.30. The van der Waals surface area contributed by atoms with Crippen molar-refractivity contribution < 1.29 is 23.9 Å². The van der Waals surface area contributed by atoms with Crippen LogP contribution in [0.3, 0.4) is 0 Å². The van der Waals surface area contributed by atoms with Crippen LogP contribution in [0, 0.1) is 0 Å². The zero-order valence-corrected chi connectivity index (χ0v) is 20.1. The Kier molecular flexibility index (Phi) is 6.66. The van der Waals surface area contributed by atoms with E-state index < -0.39 is 5.97 Å². The summed E-state index contributed by atoms with van der Waals surface area (Å²) in [7, 11) is 0. The van der Waals surface area contributed by atoms with E-state index in [9.17, 15) is 4.79 Å². The van der Waals surface area contributed by atoms with Crippen LogP contribution < -0.4 is 9.47 Å². The maximum Gasteiger partial charge on any atom is 0.335 e. The lowest BCUT2D eigenvalue weighted by Crippen LogP contribution is -2.01. The van der Waals surface area contributed by atoms with Gasteiger partial charge in [0.25, 0.3) is 0 Å². The lowest BCUT2D eigenvalue weighted by atomic mass is 10.0. The molecule has 0 aliphatic heterocycles. The Balaban J connectivity index is 1.26. The third-order valence-electron chi connectivity index (χ3n) is 5.78. The van der Waals surface area contributed by atoms with Gasteiger partial charge in [-0.2, -0.15) is 0 Å². The second kappa shape index (κ2) is 10.0. The van der Waals surface area contributed by atoms with Crippen molar-refractivity contribution in [3.05, 3.63) is 99.2 Å². The van der Waals surface area contributed by atoms with Crippen LogP contribution in [0.4, 0.5) is 0 Å². The number of rotatable bonds is 9. The smallest absolute Gasteiger partial charge is 0.335 e. The van der Waals surface area contributed by atoms with Gasteiger partial charge >= 0.3 is 5.97 Å². The van der Waals surface area contributed by atoms with Crippen molar-refractivity contribution in [1.29, 1.82) is 0 Å². The molecule has 0 atom stereocenters. The molecule has 3 aromatic carbocycles. The largest absolute Gasteiger partial charge is 0.489 e. The zero-order chi connectivity index (χ0) is 24.4. The van der Waals surface area contributed by atoms with Crippen LogP contribution in [-0.4, -0.2) is 16.2 Å². The van der Waals surface area contributed by atoms with Gasteiger partial charge in [-0.1, -0.05) is 46.6 Å². The van der Waals surface area contributed by atoms with E-state index in [0.717, 1.165) is 29.7 Å². The van der Waals surface area contributed by atoms with Crippen LogP contribution in [0.1, 0.15) is 46.0 Å². The Bertz CT molecular complexity index is 1330. The summed E-state index contributed by atoms with van der Waals surface area (Å²) in [5.74, 6) is 1.50. The normalized spacial score (nSPS) is 13.0. The number of hydrogen-bond acceptors (Lipinski definition) is 5. The van der Waals surface area contributed by atoms with Crippen LogP contribution in [0.5, 0.6) is 11.5 Å². The molecule has 1 saturated carbocycles. The Morgan fingerprint density at radius 2 is 1.51 bits per heavy atom. The number of carboxylic acids is 1. The lowest BCUT2D eigenvalue weighted by molar-refractivity contribution is 0.0697. The highest BCUT2D eigenvalue weighted by atomic mass is 35.5. The van der Waals surface area contributed by atoms with Crippen LogP contribution >= 0.6 is 23.2 Å². The standard InChI is InChI=1S/C27H21Cl2NO5/c28-22-2-1-3-23(29)24(22)25-21(26(35-30-25)17-6-7-17)15-34-19-10-4-16(5-11-19)14-33-20-12-8-18(9-13-20)27(31)32/h1-5,8-13,17H,6-7,14-15H2,(H,31,32). The third kappa shape index (κ3) is 5.29. The molecule has 5 rings (SSSR count). The Morgan fingerprint density at radius 1 is 0.914 bits per heavy atom. The number of aromatic carboxylic acids is 1. The van der Waals surface area contributed by atoms with Crippen molar-refractivity contribution in [2.24, 2.45) is 0 Å². The minimum absolute atomic E-state index is 0.219. The van der Waals surface area contributed by atoms with E-state index >= 15 is 0 Å². The van der Waals surface area contributed by atoms with Gasteiger partial charge in [-0.3, -0.25) is 0 Å². The molecule has 0 unspecified atom stereocenters. The van der Waals surface area contributed by atoms with Crippen molar-refractivity contribution in [1.82, 2.24) is 5.16 Å². The van der Waals surface area contributed by atoms with Crippen LogP contribution in [-0.2, 0) is 13.2 Å². The predicted molar refractivity (Wildman–Crippen MR) is 132 cm³/mol. The summed E-state index contributed by atoms with van der Waals surface area (Å²) in [6, 6.07) is 19.2. The van der Waals surface area contributed by atoms with Crippen molar-refractivity contribution in [3.63, 3.8) is 0 Å². The maximum absolute atomic E-state index is 11.0. The van der Waals surface area contributed by atoms with Gasteiger partial charge < -0.3 is 19.1 Å². The minimum Gasteiger partial charge on any atom is -0.489 e. The molecule has 0 spiro atoms. The molecule has 1 aliphatic carbocycles. The summed E-state index contributed by atoms with van der Waals surface area (Å²) >= 11 is 12.9. The summed E-state index contributed by atoms with van der Waals surface area (Å²) in [4.78, 5) is 11.0. The average molecular weight is 510 g/mol. The fourth-order valence-corrected chi connectivity index (χ4v) is 4.32. The molecule has 0 saturated heterocycles. The van der Waals surface area contributed by atoms with Gasteiger partial charge in [-0.15, -0.1) is 0 Å². The molecule has 35 heavy (non-hydrogen) atoms. The summed E-state index contributed by atoms with van der Waals surface area (Å²) < 4.78 is 17.5. The molecule has 1 N–H and O–H groups in total. The number of ether oxygens (including phenoxy) is 2. The molecule has 0 amide bonds. The van der Waals surface area contributed by atoms with Crippen LogP contribution in [0.15, 0.2) is 71.3 Å². The second-order valence-corrected chi connectivity index (χ2v) is 9.11. The fraction of sp³-hybridized carbons (Fsp3) is 0.185. The van der Waals surface area contributed by atoms with Gasteiger partial charge in [0, 0.05) is 11.5 Å². The van der Waals surface area contributed by atoms with Crippen molar-refractivity contribution in [2.45, 2.75) is 32.0 Å². The van der Waals surface area contributed by atoms with Gasteiger partial charge in [0.05, 0.1) is 21.2 Å². The highest BCUT2D eigenvalue weighted by molar-refractivity contribution is 6.39. The van der Waals surface area contributed by atoms with E-state index in [2.05, 4.69) is 5.16 Å². The van der Waals surface area contributed by atoms with Crippen LogP contribution in [0.25, 0.3) is 11.3 Å². The van der Waals surface area contributed by atoms with Crippen molar-refractivity contribution in [2.75, 3.05) is 0 Å². The van der Waals surface area contributed by atoms with Crippen molar-refractivity contribution >= 4 is 29.2 Å². The summed E-state index contributed by atoms with van der Waals surface area (Å²) in [5, 5.41) is 14.3. The van der Waals surface area contributed by atoms with Gasteiger partial charge in [0.1, 0.15) is 36.2 Å². The first-order chi connectivity index (χ1) is 17.0. The first-order valence-electron chi connectivity index (χ1n) is 11.1. The van der Waals surface area contributed by atoms with Gasteiger partial charge in [-0.05, 0) is 66.9 Å². The fourth-order valence-electron chi connectivity index (χ4n) is 3.75. The Morgan fingerprint density at radius 3 is 2.11 bits per heavy atom. The van der Waals surface area contributed by atoms with E-state index in [1.165, 1.54) is 12.1 Å². The first kappa shape index (κ1) is 23.3. The molecule has 1 aliphatic rings. The monoisotopic (exact) mass is 509 g/mol. The number of halogens is 2. The molecule has 4 aromatic rings. The quantitative estimate of drug-likeness (QED) is 0.253. The van der Waals surface area contributed by atoms with Crippen molar-refractivity contribution in [3.8, 4) is 22.8 Å². The molecular weight excluding hydrogens is 489 g/mol. The molecule has 1 fully saturated rings. The first-order valence-corrected chi connectivity index (χ1v) is 11.9. The Hall–Kier alpha value is -3.48. The molecule has 6 nitrogen and oxygen atoms in total. The summed E-state index contributed by atoms with van der Waals surface area (Å²) in [6.45, 7) is 0.622. The highest BCUT2D eigenvalue weighted by Gasteiger charge is 2.33. The third-order valence-corrected chi connectivity index (χ3v) is 6.41. The number of hydrogen-bond donors (Lipinski definition) is 1. The Labute approximate surface area is 212 Å². The predicted octanol–water partition coefficient (Wildman–Crippen LogP) is 7.38. The SMILES string of the molecule is O=C(O)c1ccc(OCc2ccc(OCc3c(-c4c(Cl)cccc4Cl)noc3C3CC3)cc2)cc1. The molecule has 1 heterocycles. The average Bonchev–Trinajstić information content (AvgIpc) is 3.62. The molecule has 8 heteroatoms. The number of aromatic nitrogens is 1. The molecule has 0 bridgehead atoms. The lowest BCUT2D eigenvalue weighted by Gasteiger charge is -2.10. The number of carbonyl (C=O) groups is 1. The van der Waals surface area contributed by atoms with Gasteiger partial charge in [-0.25, -0.2) is 4.79 Å². The molecule has 1 aromatic heterocycles. The number of nitrogens with zero attached hydrogens (tertiary/aromatic N) is 1. The molecule has 178 valence electrons. The van der Waals surface area contributed by atoms with E-state index in [4.69, 9.17) is 42.3 Å². The summed E-state index contributed by atoms with van der Waals surface area (Å²) in [5.41, 5.74) is 3.29. The van der Waals surface area contributed by atoms with E-state index in [1.807, 2.05) is 24.3 Å². The van der Waals surface area contributed by atoms with Gasteiger partial charge in [0.2, 0.25) is 0 Å².